The Morgan fingerprint density at radius 2 is 1.89 bits per heavy atom. The minimum absolute atomic E-state index is 0.169. The van der Waals surface area contributed by atoms with Gasteiger partial charge >= 0.3 is 0 Å². The number of thiazole rings is 1. The van der Waals surface area contributed by atoms with E-state index >= 15 is 0 Å². The number of nitrogens with one attached hydrogen (secondary N) is 1. The van der Waals surface area contributed by atoms with Crippen molar-refractivity contribution >= 4 is 33.4 Å². The molecule has 7 nitrogen and oxygen atoms in total. The van der Waals surface area contributed by atoms with Gasteiger partial charge in [0.25, 0.3) is 5.91 Å². The van der Waals surface area contributed by atoms with Gasteiger partial charge in [-0.25, -0.2) is 15.0 Å². The molecule has 1 atom stereocenters. The van der Waals surface area contributed by atoms with Crippen molar-refractivity contribution in [1.29, 1.82) is 0 Å². The summed E-state index contributed by atoms with van der Waals surface area (Å²) < 4.78 is 1.23. The highest BCUT2D eigenvalue weighted by Crippen LogP contribution is 2.27. The summed E-state index contributed by atoms with van der Waals surface area (Å²) in [7, 11) is 1.60. The molecule has 0 saturated carbocycles. The van der Waals surface area contributed by atoms with Crippen molar-refractivity contribution in [2.45, 2.75) is 13.0 Å². The van der Waals surface area contributed by atoms with Crippen molar-refractivity contribution in [3.05, 3.63) is 47.2 Å². The van der Waals surface area contributed by atoms with E-state index in [0.29, 0.717) is 17.6 Å². The van der Waals surface area contributed by atoms with E-state index in [1.165, 1.54) is 10.3 Å². The summed E-state index contributed by atoms with van der Waals surface area (Å²) in [6.07, 6.45) is 3.17. The van der Waals surface area contributed by atoms with Gasteiger partial charge in [0.2, 0.25) is 5.95 Å². The van der Waals surface area contributed by atoms with E-state index in [4.69, 9.17) is 0 Å². The van der Waals surface area contributed by atoms with Gasteiger partial charge in [0.15, 0.2) is 0 Å². The molecular formula is C19H22N6OS. The van der Waals surface area contributed by atoms with Crippen molar-refractivity contribution in [3.8, 4) is 0 Å². The summed E-state index contributed by atoms with van der Waals surface area (Å²) in [5, 5.41) is 2.58. The first kappa shape index (κ1) is 17.8. The van der Waals surface area contributed by atoms with Gasteiger partial charge in [0.05, 0.1) is 21.3 Å². The average molecular weight is 382 g/mol. The fourth-order valence-corrected chi connectivity index (χ4v) is 4.06. The number of nitrogens with zero attached hydrogens (tertiary/aromatic N) is 5. The molecule has 1 aromatic carbocycles. The normalized spacial score (nSPS) is 16.4. The van der Waals surface area contributed by atoms with Gasteiger partial charge < -0.3 is 10.2 Å². The summed E-state index contributed by atoms with van der Waals surface area (Å²) in [5.41, 5.74) is 4.75. The van der Waals surface area contributed by atoms with Crippen molar-refractivity contribution < 1.29 is 4.79 Å². The Bertz CT molecular complexity index is 933. The van der Waals surface area contributed by atoms with Crippen LogP contribution in [0.1, 0.15) is 28.9 Å². The Hall–Kier alpha value is -2.58. The number of piperazine rings is 1. The maximum Gasteiger partial charge on any atom is 0.254 e. The Labute approximate surface area is 162 Å². The molecule has 0 radical (unpaired) electrons. The van der Waals surface area contributed by atoms with Gasteiger partial charge in [0.1, 0.15) is 0 Å². The second-order valence-corrected chi connectivity index (χ2v) is 7.52. The number of fused-ring (bicyclic) bond motifs is 1. The highest BCUT2D eigenvalue weighted by molar-refractivity contribution is 7.16. The number of hydrogen-bond acceptors (Lipinski definition) is 7. The van der Waals surface area contributed by atoms with Crippen molar-refractivity contribution in [2.75, 3.05) is 38.1 Å². The minimum atomic E-state index is -0.169. The lowest BCUT2D eigenvalue weighted by atomic mass is 10.1. The van der Waals surface area contributed by atoms with E-state index in [2.05, 4.69) is 55.2 Å². The molecule has 1 fully saturated rings. The zero-order valence-electron chi connectivity index (χ0n) is 15.4. The van der Waals surface area contributed by atoms with Crippen LogP contribution in [0.4, 0.5) is 5.95 Å². The summed E-state index contributed by atoms with van der Waals surface area (Å²) in [6.45, 7) is 5.86. The molecule has 1 N–H and O–H groups in total. The number of rotatable bonds is 4. The van der Waals surface area contributed by atoms with Crippen LogP contribution in [0.15, 0.2) is 36.1 Å². The first-order valence-electron chi connectivity index (χ1n) is 9.02. The number of anilines is 1. The van der Waals surface area contributed by atoms with Gasteiger partial charge in [0, 0.05) is 51.7 Å². The monoisotopic (exact) mass is 382 g/mol. The molecule has 2 aromatic heterocycles. The molecule has 140 valence electrons. The van der Waals surface area contributed by atoms with Crippen LogP contribution in [0.3, 0.4) is 0 Å². The van der Waals surface area contributed by atoms with Gasteiger partial charge in [-0.3, -0.25) is 9.69 Å². The van der Waals surface area contributed by atoms with Gasteiger partial charge in [-0.15, -0.1) is 11.3 Å². The number of aromatic nitrogens is 3. The Balaban J connectivity index is 1.40. The lowest BCUT2D eigenvalue weighted by molar-refractivity contribution is 0.0962. The van der Waals surface area contributed by atoms with E-state index < -0.39 is 0 Å². The minimum Gasteiger partial charge on any atom is -0.355 e. The van der Waals surface area contributed by atoms with Crippen LogP contribution in [0.25, 0.3) is 10.2 Å². The molecule has 4 rings (SSSR count). The van der Waals surface area contributed by atoms with E-state index in [1.807, 2.05) is 5.51 Å². The Morgan fingerprint density at radius 3 is 2.59 bits per heavy atom. The van der Waals surface area contributed by atoms with Crippen molar-refractivity contribution in [3.63, 3.8) is 0 Å². The summed E-state index contributed by atoms with van der Waals surface area (Å²) in [4.78, 5) is 29.4. The zero-order valence-corrected chi connectivity index (χ0v) is 16.2. The number of amides is 1. The van der Waals surface area contributed by atoms with E-state index in [9.17, 15) is 4.79 Å². The summed E-state index contributed by atoms with van der Waals surface area (Å²) in [5.74, 6) is 0.510. The van der Waals surface area contributed by atoms with Crippen LogP contribution < -0.4 is 10.2 Å². The fraction of sp³-hybridized carbons (Fsp3) is 0.368. The lowest BCUT2D eigenvalue weighted by Gasteiger charge is -2.38. The number of carbonyl (C=O) groups excluding carboxylic acids is 1. The molecule has 1 aliphatic rings. The quantitative estimate of drug-likeness (QED) is 0.747. The number of carbonyl (C=O) groups is 1. The van der Waals surface area contributed by atoms with E-state index in [0.717, 1.165) is 31.7 Å². The number of hydrogen-bond donors (Lipinski definition) is 1. The Kier molecular flexibility index (Phi) is 5.00. The first-order valence-corrected chi connectivity index (χ1v) is 9.90. The number of benzene rings is 1. The molecule has 0 spiro atoms. The molecule has 3 aromatic rings. The van der Waals surface area contributed by atoms with Crippen LogP contribution in [0, 0.1) is 0 Å². The Morgan fingerprint density at radius 1 is 1.15 bits per heavy atom. The van der Waals surface area contributed by atoms with Crippen LogP contribution in [-0.2, 0) is 0 Å². The molecule has 8 heteroatoms. The smallest absolute Gasteiger partial charge is 0.254 e. The third kappa shape index (κ3) is 3.63. The highest BCUT2D eigenvalue weighted by Gasteiger charge is 2.23. The molecule has 1 aliphatic heterocycles. The highest BCUT2D eigenvalue weighted by atomic mass is 32.1. The van der Waals surface area contributed by atoms with Gasteiger partial charge in [-0.2, -0.15) is 0 Å². The van der Waals surface area contributed by atoms with Crippen LogP contribution in [0.2, 0.25) is 0 Å². The molecule has 0 aliphatic carbocycles. The second-order valence-electron chi connectivity index (χ2n) is 6.63. The van der Waals surface area contributed by atoms with Crippen LogP contribution in [-0.4, -0.2) is 59.0 Å². The molecule has 0 bridgehead atoms. The molecule has 27 heavy (non-hydrogen) atoms. The van der Waals surface area contributed by atoms with Crippen molar-refractivity contribution in [1.82, 2.24) is 25.2 Å². The summed E-state index contributed by atoms with van der Waals surface area (Å²) in [6, 6.07) is 6.91. The predicted octanol–water partition coefficient (Wildman–Crippen LogP) is 2.33. The third-order valence-electron chi connectivity index (χ3n) is 5.11. The predicted molar refractivity (Wildman–Crippen MR) is 107 cm³/mol. The van der Waals surface area contributed by atoms with Crippen LogP contribution >= 0.6 is 11.3 Å². The van der Waals surface area contributed by atoms with Crippen LogP contribution in [0.5, 0.6) is 0 Å². The summed E-state index contributed by atoms with van der Waals surface area (Å²) >= 11 is 1.68. The molecular weight excluding hydrogens is 360 g/mol. The van der Waals surface area contributed by atoms with Gasteiger partial charge in [-0.05, 0) is 24.6 Å². The standard InChI is InChI=1S/C19H22N6OS/c1-13(14-3-4-17-16(9-14)23-12-27-17)24-5-7-25(8-6-24)19-21-10-15(11-22-19)18(26)20-2/h3-4,9-13H,5-8H2,1-2H3,(H,20,26). The van der Waals surface area contributed by atoms with E-state index in [-0.39, 0.29) is 5.91 Å². The topological polar surface area (TPSA) is 74.2 Å². The average Bonchev–Trinajstić information content (AvgIpc) is 3.21. The molecule has 1 saturated heterocycles. The molecule has 3 heterocycles. The molecule has 1 unspecified atom stereocenters. The maximum atomic E-state index is 11.6. The van der Waals surface area contributed by atoms with Crippen molar-refractivity contribution in [2.24, 2.45) is 0 Å². The lowest BCUT2D eigenvalue weighted by Crippen LogP contribution is -2.47. The fourth-order valence-electron chi connectivity index (χ4n) is 3.40. The molecule has 1 amide bonds. The second kappa shape index (κ2) is 7.58. The van der Waals surface area contributed by atoms with E-state index in [1.54, 1.807) is 30.8 Å². The van der Waals surface area contributed by atoms with Gasteiger partial charge in [-0.1, -0.05) is 6.07 Å². The largest absolute Gasteiger partial charge is 0.355 e. The third-order valence-corrected chi connectivity index (χ3v) is 5.92. The maximum absolute atomic E-state index is 11.6. The SMILES string of the molecule is CNC(=O)c1cnc(N2CCN(C(C)c3ccc4scnc4c3)CC2)nc1. The first-order chi connectivity index (χ1) is 13.2. The zero-order chi connectivity index (χ0) is 18.8.